The maximum atomic E-state index is 12.3. The minimum absolute atomic E-state index is 0.0227. The Bertz CT molecular complexity index is 1000. The second-order valence-electron chi connectivity index (χ2n) is 6.71. The van der Waals surface area contributed by atoms with Crippen molar-refractivity contribution in [1.29, 1.82) is 0 Å². The number of anilines is 2. The molecule has 0 fully saturated rings. The largest absolute Gasteiger partial charge is 0.361 e. The first kappa shape index (κ1) is 18.1. The van der Waals surface area contributed by atoms with Gasteiger partial charge in [-0.05, 0) is 55.8 Å². The molecule has 2 aromatic carbocycles. The standard InChI is InChI=1S/C18H20N4O3S/c1-18(2,19)11-3-8-16-14(9-11)15(17(23)22-16)10-21-12-4-6-13(7-5-12)26(20,24)25/h3-10,21H,19H2,1-2H3,(H,22,23)(H2,20,24,25)/b15-10-. The smallest absolute Gasteiger partial charge is 0.257 e. The first-order valence-electron chi connectivity index (χ1n) is 7.90. The van der Waals surface area contributed by atoms with E-state index in [0.717, 1.165) is 16.8 Å². The minimum atomic E-state index is -3.74. The monoisotopic (exact) mass is 372 g/mol. The Morgan fingerprint density at radius 3 is 2.35 bits per heavy atom. The number of sulfonamides is 1. The predicted octanol–water partition coefficient (Wildman–Crippen LogP) is 1.93. The van der Waals surface area contributed by atoms with Gasteiger partial charge in [-0.25, -0.2) is 13.6 Å². The molecule has 0 atom stereocenters. The number of benzene rings is 2. The molecule has 26 heavy (non-hydrogen) atoms. The fraction of sp³-hybridized carbons (Fsp3) is 0.167. The number of fused-ring (bicyclic) bond motifs is 1. The van der Waals surface area contributed by atoms with Crippen molar-refractivity contribution in [3.8, 4) is 0 Å². The molecule has 1 aliphatic rings. The SMILES string of the molecule is CC(C)(N)c1ccc2c(c1)/C(=C/Nc1ccc(S(N)(=O)=O)cc1)C(=O)N2. The van der Waals surface area contributed by atoms with Crippen LogP contribution in [-0.4, -0.2) is 14.3 Å². The molecule has 0 saturated carbocycles. The highest BCUT2D eigenvalue weighted by Gasteiger charge is 2.26. The third kappa shape index (κ3) is 3.62. The molecule has 1 aliphatic heterocycles. The molecule has 136 valence electrons. The fourth-order valence-corrected chi connectivity index (χ4v) is 3.14. The molecule has 0 spiro atoms. The number of rotatable bonds is 4. The van der Waals surface area contributed by atoms with Crippen LogP contribution in [0.15, 0.2) is 53.6 Å². The van der Waals surface area contributed by atoms with Crippen molar-refractivity contribution in [1.82, 2.24) is 0 Å². The molecule has 1 amide bonds. The highest BCUT2D eigenvalue weighted by molar-refractivity contribution is 7.89. The Kier molecular flexibility index (Phi) is 4.35. The molecule has 6 N–H and O–H groups in total. The number of carbonyl (C=O) groups excluding carboxylic acids is 1. The van der Waals surface area contributed by atoms with E-state index < -0.39 is 15.6 Å². The number of amides is 1. The van der Waals surface area contributed by atoms with E-state index in [4.69, 9.17) is 10.9 Å². The number of primary sulfonamides is 1. The van der Waals surface area contributed by atoms with E-state index in [2.05, 4.69) is 10.6 Å². The Hall–Kier alpha value is -2.68. The van der Waals surface area contributed by atoms with Crippen LogP contribution in [0.4, 0.5) is 11.4 Å². The molecular weight excluding hydrogens is 352 g/mol. The van der Waals surface area contributed by atoms with E-state index in [1.807, 2.05) is 32.0 Å². The van der Waals surface area contributed by atoms with Gasteiger partial charge in [0.2, 0.25) is 10.0 Å². The van der Waals surface area contributed by atoms with Crippen molar-refractivity contribution in [2.75, 3.05) is 10.6 Å². The molecule has 0 aliphatic carbocycles. The number of hydrogen-bond donors (Lipinski definition) is 4. The first-order chi connectivity index (χ1) is 12.1. The van der Waals surface area contributed by atoms with Crippen LogP contribution in [0.3, 0.4) is 0 Å². The zero-order valence-corrected chi connectivity index (χ0v) is 15.2. The van der Waals surface area contributed by atoms with Crippen molar-refractivity contribution in [3.05, 3.63) is 59.8 Å². The quantitative estimate of drug-likeness (QED) is 0.610. The van der Waals surface area contributed by atoms with Gasteiger partial charge in [-0.1, -0.05) is 6.07 Å². The van der Waals surface area contributed by atoms with Crippen LogP contribution in [0.5, 0.6) is 0 Å². The van der Waals surface area contributed by atoms with Crippen LogP contribution in [0, 0.1) is 0 Å². The molecule has 1 heterocycles. The third-order valence-electron chi connectivity index (χ3n) is 4.11. The van der Waals surface area contributed by atoms with Crippen molar-refractivity contribution >= 4 is 32.9 Å². The van der Waals surface area contributed by atoms with Gasteiger partial charge in [0.15, 0.2) is 0 Å². The van der Waals surface area contributed by atoms with Gasteiger partial charge in [0.25, 0.3) is 5.91 Å². The summed E-state index contributed by atoms with van der Waals surface area (Å²) in [7, 11) is -3.74. The Morgan fingerprint density at radius 2 is 1.77 bits per heavy atom. The number of nitrogens with two attached hydrogens (primary N) is 2. The van der Waals surface area contributed by atoms with Crippen molar-refractivity contribution in [2.24, 2.45) is 10.9 Å². The van der Waals surface area contributed by atoms with E-state index in [9.17, 15) is 13.2 Å². The third-order valence-corrected chi connectivity index (χ3v) is 5.04. The Labute approximate surface area is 152 Å². The average Bonchev–Trinajstić information content (AvgIpc) is 2.86. The lowest BCUT2D eigenvalue weighted by molar-refractivity contribution is -0.110. The number of hydrogen-bond acceptors (Lipinski definition) is 5. The van der Waals surface area contributed by atoms with E-state index in [1.54, 1.807) is 18.3 Å². The summed E-state index contributed by atoms with van der Waals surface area (Å²) in [5, 5.41) is 10.9. The molecule has 0 unspecified atom stereocenters. The lowest BCUT2D eigenvalue weighted by Gasteiger charge is -2.19. The highest BCUT2D eigenvalue weighted by Crippen LogP contribution is 2.34. The second kappa shape index (κ2) is 6.24. The number of nitrogens with one attached hydrogen (secondary N) is 2. The number of carbonyl (C=O) groups is 1. The fourth-order valence-electron chi connectivity index (χ4n) is 2.63. The molecule has 8 heteroatoms. The van der Waals surface area contributed by atoms with Crippen LogP contribution in [-0.2, 0) is 20.4 Å². The second-order valence-corrected chi connectivity index (χ2v) is 8.27. The summed E-state index contributed by atoms with van der Waals surface area (Å²) < 4.78 is 22.6. The van der Waals surface area contributed by atoms with Gasteiger partial charge in [0.1, 0.15) is 0 Å². The molecule has 0 saturated heterocycles. The zero-order chi connectivity index (χ0) is 19.1. The van der Waals surface area contributed by atoms with Crippen LogP contribution in [0.1, 0.15) is 25.0 Å². The normalized spacial score (nSPS) is 15.7. The van der Waals surface area contributed by atoms with Gasteiger partial charge >= 0.3 is 0 Å². The van der Waals surface area contributed by atoms with Crippen molar-refractivity contribution in [2.45, 2.75) is 24.3 Å². The minimum Gasteiger partial charge on any atom is -0.361 e. The van der Waals surface area contributed by atoms with Crippen molar-refractivity contribution < 1.29 is 13.2 Å². The van der Waals surface area contributed by atoms with Gasteiger partial charge in [0, 0.05) is 28.7 Å². The van der Waals surface area contributed by atoms with E-state index in [1.165, 1.54) is 12.1 Å². The van der Waals surface area contributed by atoms with Crippen LogP contribution < -0.4 is 21.5 Å². The summed E-state index contributed by atoms with van der Waals surface area (Å²) >= 11 is 0. The zero-order valence-electron chi connectivity index (χ0n) is 14.4. The maximum Gasteiger partial charge on any atom is 0.257 e. The Balaban J connectivity index is 1.90. The molecule has 0 aromatic heterocycles. The van der Waals surface area contributed by atoms with E-state index in [0.29, 0.717) is 11.3 Å². The molecule has 0 bridgehead atoms. The summed E-state index contributed by atoms with van der Waals surface area (Å²) in [6, 6.07) is 11.6. The van der Waals surface area contributed by atoms with Crippen molar-refractivity contribution in [3.63, 3.8) is 0 Å². The molecule has 7 nitrogen and oxygen atoms in total. The molecular formula is C18H20N4O3S. The molecule has 0 radical (unpaired) electrons. The average molecular weight is 372 g/mol. The maximum absolute atomic E-state index is 12.3. The van der Waals surface area contributed by atoms with E-state index in [-0.39, 0.29) is 10.8 Å². The molecule has 2 aromatic rings. The lowest BCUT2D eigenvalue weighted by Crippen LogP contribution is -2.28. The van der Waals surface area contributed by atoms with Gasteiger partial charge in [-0.2, -0.15) is 0 Å². The first-order valence-corrected chi connectivity index (χ1v) is 9.45. The summed E-state index contributed by atoms with van der Waals surface area (Å²) in [4.78, 5) is 12.3. The van der Waals surface area contributed by atoms with E-state index >= 15 is 0 Å². The van der Waals surface area contributed by atoms with Gasteiger partial charge < -0.3 is 16.4 Å². The summed E-state index contributed by atoms with van der Waals surface area (Å²) in [6.45, 7) is 3.79. The van der Waals surface area contributed by atoms with Crippen LogP contribution >= 0.6 is 0 Å². The summed E-state index contributed by atoms with van der Waals surface area (Å²) in [5.74, 6) is -0.222. The van der Waals surface area contributed by atoms with Crippen LogP contribution in [0.2, 0.25) is 0 Å². The Morgan fingerprint density at radius 1 is 1.12 bits per heavy atom. The van der Waals surface area contributed by atoms with Gasteiger partial charge in [0.05, 0.1) is 10.5 Å². The van der Waals surface area contributed by atoms with Gasteiger partial charge in [-0.3, -0.25) is 4.79 Å². The highest BCUT2D eigenvalue weighted by atomic mass is 32.2. The molecule has 3 rings (SSSR count). The lowest BCUT2D eigenvalue weighted by atomic mass is 9.92. The topological polar surface area (TPSA) is 127 Å². The van der Waals surface area contributed by atoms with Crippen LogP contribution in [0.25, 0.3) is 5.57 Å². The predicted molar refractivity (Wildman–Crippen MR) is 102 cm³/mol. The van der Waals surface area contributed by atoms with Gasteiger partial charge in [-0.15, -0.1) is 0 Å². The summed E-state index contributed by atoms with van der Waals surface area (Å²) in [5.41, 5.74) is 9.12. The summed E-state index contributed by atoms with van der Waals surface area (Å²) in [6.07, 6.45) is 1.58.